The topological polar surface area (TPSA) is 44.5 Å². The van der Waals surface area contributed by atoms with Crippen LogP contribution in [-0.4, -0.2) is 13.2 Å². The van der Waals surface area contributed by atoms with Crippen molar-refractivity contribution >= 4 is 0 Å². The van der Waals surface area contributed by atoms with Crippen molar-refractivity contribution in [1.29, 1.82) is 0 Å². The molecule has 0 amide bonds. The van der Waals surface area contributed by atoms with E-state index in [1.807, 2.05) is 0 Å². The molecule has 3 nitrogen and oxygen atoms in total. The van der Waals surface area contributed by atoms with E-state index in [1.54, 1.807) is 0 Å². The molecule has 1 aliphatic carbocycles. The van der Waals surface area contributed by atoms with Gasteiger partial charge < -0.3 is 15.2 Å². The fraction of sp³-hybridized carbons (Fsp3) is 0.625. The predicted molar refractivity (Wildman–Crippen MR) is 77.9 cm³/mol. The second-order valence-corrected chi connectivity index (χ2v) is 5.19. The number of fused-ring (bicyclic) bond motifs is 1. The Labute approximate surface area is 116 Å². The molecule has 1 aliphatic rings. The van der Waals surface area contributed by atoms with E-state index in [-0.39, 0.29) is 6.04 Å². The quantitative estimate of drug-likeness (QED) is 0.853. The summed E-state index contributed by atoms with van der Waals surface area (Å²) in [7, 11) is 0. The fourth-order valence-corrected chi connectivity index (χ4v) is 2.50. The average molecular weight is 263 g/mol. The zero-order chi connectivity index (χ0) is 13.7. The van der Waals surface area contributed by atoms with Crippen molar-refractivity contribution in [2.24, 2.45) is 5.73 Å². The zero-order valence-corrected chi connectivity index (χ0v) is 12.1. The van der Waals surface area contributed by atoms with Crippen molar-refractivity contribution in [2.75, 3.05) is 13.2 Å². The molecule has 0 unspecified atom stereocenters. The van der Waals surface area contributed by atoms with Crippen LogP contribution in [0.25, 0.3) is 0 Å². The molecule has 106 valence electrons. The van der Waals surface area contributed by atoms with Gasteiger partial charge in [0.05, 0.1) is 13.2 Å². The van der Waals surface area contributed by atoms with E-state index >= 15 is 0 Å². The molecule has 1 atom stereocenters. The highest BCUT2D eigenvalue weighted by atomic mass is 16.5. The highest BCUT2D eigenvalue weighted by Crippen LogP contribution is 2.37. The Bertz CT molecular complexity index is 417. The van der Waals surface area contributed by atoms with Gasteiger partial charge in [-0.3, -0.25) is 0 Å². The van der Waals surface area contributed by atoms with Gasteiger partial charge in [-0.15, -0.1) is 0 Å². The molecule has 0 heterocycles. The highest BCUT2D eigenvalue weighted by molar-refractivity contribution is 5.49. The van der Waals surface area contributed by atoms with Crippen LogP contribution < -0.4 is 15.2 Å². The van der Waals surface area contributed by atoms with Crippen LogP contribution in [0.5, 0.6) is 11.5 Å². The lowest BCUT2D eigenvalue weighted by atomic mass is 9.88. The van der Waals surface area contributed by atoms with Crippen LogP contribution in [0.3, 0.4) is 0 Å². The molecule has 19 heavy (non-hydrogen) atoms. The summed E-state index contributed by atoms with van der Waals surface area (Å²) in [6.07, 6.45) is 5.33. The van der Waals surface area contributed by atoms with Crippen molar-refractivity contribution in [3.63, 3.8) is 0 Å². The second-order valence-electron chi connectivity index (χ2n) is 5.19. The molecule has 1 aromatic rings. The minimum absolute atomic E-state index is 0.146. The van der Waals surface area contributed by atoms with Gasteiger partial charge in [0, 0.05) is 6.04 Å². The average Bonchev–Trinajstić information content (AvgIpc) is 2.43. The van der Waals surface area contributed by atoms with Gasteiger partial charge in [-0.25, -0.2) is 0 Å². The van der Waals surface area contributed by atoms with Gasteiger partial charge in [-0.05, 0) is 55.4 Å². The van der Waals surface area contributed by atoms with Crippen LogP contribution >= 0.6 is 0 Å². The van der Waals surface area contributed by atoms with Gasteiger partial charge in [-0.1, -0.05) is 13.8 Å². The molecule has 0 aliphatic heterocycles. The maximum atomic E-state index is 6.20. The number of nitrogens with two attached hydrogens (primary N) is 1. The zero-order valence-electron chi connectivity index (χ0n) is 12.1. The number of benzene rings is 1. The lowest BCUT2D eigenvalue weighted by Crippen LogP contribution is -2.18. The lowest BCUT2D eigenvalue weighted by molar-refractivity contribution is 0.267. The van der Waals surface area contributed by atoms with E-state index in [4.69, 9.17) is 15.2 Å². The molecule has 2 N–H and O–H groups in total. The summed E-state index contributed by atoms with van der Waals surface area (Å²) in [5.41, 5.74) is 8.76. The van der Waals surface area contributed by atoms with Crippen LogP contribution in [0.2, 0.25) is 0 Å². The highest BCUT2D eigenvalue weighted by Gasteiger charge is 2.20. The van der Waals surface area contributed by atoms with Crippen molar-refractivity contribution in [1.82, 2.24) is 0 Å². The number of hydrogen-bond acceptors (Lipinski definition) is 3. The van der Waals surface area contributed by atoms with E-state index in [0.29, 0.717) is 0 Å². The minimum atomic E-state index is 0.146. The number of aryl methyl sites for hydroxylation is 1. The van der Waals surface area contributed by atoms with Crippen LogP contribution in [-0.2, 0) is 6.42 Å². The van der Waals surface area contributed by atoms with Gasteiger partial charge in [0.15, 0.2) is 11.5 Å². The maximum Gasteiger partial charge on any atom is 0.161 e. The van der Waals surface area contributed by atoms with Crippen LogP contribution in [0.1, 0.15) is 56.7 Å². The van der Waals surface area contributed by atoms with E-state index in [1.165, 1.54) is 11.1 Å². The minimum Gasteiger partial charge on any atom is -0.490 e. The Balaban J connectivity index is 2.28. The molecule has 0 aromatic heterocycles. The first kappa shape index (κ1) is 14.2. The van der Waals surface area contributed by atoms with Gasteiger partial charge in [0.2, 0.25) is 0 Å². The predicted octanol–water partition coefficient (Wildman–Crippen LogP) is 3.60. The Hall–Kier alpha value is -1.22. The van der Waals surface area contributed by atoms with Crippen LogP contribution in [0.4, 0.5) is 0 Å². The van der Waals surface area contributed by atoms with Gasteiger partial charge in [0.1, 0.15) is 0 Å². The fourth-order valence-electron chi connectivity index (χ4n) is 2.50. The molecule has 1 aromatic carbocycles. The van der Waals surface area contributed by atoms with Gasteiger partial charge in [-0.2, -0.15) is 0 Å². The number of rotatable bonds is 6. The molecule has 0 fully saturated rings. The lowest BCUT2D eigenvalue weighted by Gasteiger charge is -2.24. The summed E-state index contributed by atoms with van der Waals surface area (Å²) < 4.78 is 11.6. The summed E-state index contributed by atoms with van der Waals surface area (Å²) in [5.74, 6) is 1.73. The van der Waals surface area contributed by atoms with Crippen LogP contribution in [0, 0.1) is 0 Å². The Kier molecular flexibility index (Phi) is 5.08. The van der Waals surface area contributed by atoms with E-state index in [9.17, 15) is 0 Å². The third kappa shape index (κ3) is 3.41. The summed E-state index contributed by atoms with van der Waals surface area (Å²) in [6, 6.07) is 4.38. The molecule has 3 heteroatoms. The van der Waals surface area contributed by atoms with Gasteiger partial charge in [0.25, 0.3) is 0 Å². The standard InChI is InChI=1S/C16H25NO2/c1-3-8-18-15-10-12-6-5-7-14(17)13(12)11-16(15)19-9-4-2/h10-11,14H,3-9,17H2,1-2H3/t14-/m0/s1. The summed E-state index contributed by atoms with van der Waals surface area (Å²) in [6.45, 7) is 5.67. The summed E-state index contributed by atoms with van der Waals surface area (Å²) in [5, 5.41) is 0. The molecular weight excluding hydrogens is 238 g/mol. The molecular formula is C16H25NO2. The SMILES string of the molecule is CCCOc1cc2c(cc1OCCC)[C@@H](N)CCC2. The van der Waals surface area contributed by atoms with Crippen LogP contribution in [0.15, 0.2) is 12.1 Å². The summed E-state index contributed by atoms with van der Waals surface area (Å²) >= 11 is 0. The van der Waals surface area contributed by atoms with Gasteiger partial charge >= 0.3 is 0 Å². The first-order chi connectivity index (χ1) is 9.26. The maximum absolute atomic E-state index is 6.20. The normalized spacial score (nSPS) is 17.9. The first-order valence-electron chi connectivity index (χ1n) is 7.44. The number of ether oxygens (including phenoxy) is 2. The molecule has 0 saturated carbocycles. The monoisotopic (exact) mass is 263 g/mol. The first-order valence-corrected chi connectivity index (χ1v) is 7.44. The van der Waals surface area contributed by atoms with Crippen molar-refractivity contribution < 1.29 is 9.47 Å². The molecule has 0 bridgehead atoms. The smallest absolute Gasteiger partial charge is 0.161 e. The summed E-state index contributed by atoms with van der Waals surface area (Å²) in [4.78, 5) is 0. The Morgan fingerprint density at radius 3 is 2.37 bits per heavy atom. The largest absolute Gasteiger partial charge is 0.490 e. The Morgan fingerprint density at radius 1 is 1.11 bits per heavy atom. The van der Waals surface area contributed by atoms with E-state index < -0.39 is 0 Å². The Morgan fingerprint density at radius 2 is 1.74 bits per heavy atom. The molecule has 0 saturated heterocycles. The second kappa shape index (κ2) is 6.80. The van der Waals surface area contributed by atoms with E-state index in [2.05, 4.69) is 26.0 Å². The third-order valence-corrected chi connectivity index (χ3v) is 3.49. The molecule has 2 rings (SSSR count). The van der Waals surface area contributed by atoms with Crippen molar-refractivity contribution in [3.8, 4) is 11.5 Å². The van der Waals surface area contributed by atoms with Crippen molar-refractivity contribution in [2.45, 2.75) is 52.0 Å². The number of hydrogen-bond donors (Lipinski definition) is 1. The van der Waals surface area contributed by atoms with Crippen molar-refractivity contribution in [3.05, 3.63) is 23.3 Å². The molecule has 0 radical (unpaired) electrons. The third-order valence-electron chi connectivity index (χ3n) is 3.49. The van der Waals surface area contributed by atoms with E-state index in [0.717, 1.165) is 56.8 Å². The molecule has 0 spiro atoms.